The zero-order chi connectivity index (χ0) is 111. The second-order valence-corrected chi connectivity index (χ2v) is 52.6. The number of likely N-dealkylation sites (tertiary alicyclic amines) is 1. The van der Waals surface area contributed by atoms with Gasteiger partial charge in [-0.3, -0.25) is 4.79 Å². The summed E-state index contributed by atoms with van der Waals surface area (Å²) in [5.74, 6) is 7.15. The molecule has 147 heavy (non-hydrogen) atoms. The van der Waals surface area contributed by atoms with E-state index in [1.54, 1.807) is 40.2 Å². The molecular formula is C119H176Cl2F3N5O16S2. The maximum absolute atomic E-state index is 11.9. The van der Waals surface area contributed by atoms with Crippen molar-refractivity contribution in [3.8, 4) is 46.1 Å². The van der Waals surface area contributed by atoms with Gasteiger partial charge in [0.05, 0.1) is 73.0 Å². The van der Waals surface area contributed by atoms with Gasteiger partial charge in [0.15, 0.2) is 9.84 Å². The Kier molecular flexibility index (Phi) is 51.5. The Labute approximate surface area is 892 Å². The van der Waals surface area contributed by atoms with Crippen molar-refractivity contribution in [3.05, 3.63) is 255 Å². The maximum atomic E-state index is 11.9. The summed E-state index contributed by atoms with van der Waals surface area (Å²) < 4.78 is 133. The standard InChI is InChI=1S/C16H23NO2.C14H21ClO3S.C14H23NO.C14H22O2.C13H20N2O2S.C13H19NO2.C13H20O2.C11H15ClO.C11H13F3O/c1-16(2,3)13-6-8-14(9-7-13)19-12-11-17-10-4-5-15(17)18;1-14(2,3)11-6-7-12(15)13(10-11)18-8-5-9-19(4,16)17;1-14(2,3)12-7-6-8-13(11-12)16-10-9-15(4)5;1-13(2,3)11-6-8-12(9-7-11)16-10-14(4,5)15;1-13(2,3)11-4-5-12(14-10-11)15-6-8-18(16,17)9-7-15;1-13(2,3)10-4-5-12(14-8-10)16-11-6-7-15-9-11;1-13(2,3)11-5-7-12(8-6-11)15-10-9-14-4;1-11(2,3)8-5-6-9(12)10(7-8)13-4;1-10(2,3)8-5-4-6-9(7-8)15-11(12,13)14/h6-9H,4-5,10-12H2,1-3H3;6-7,10H,5,8-9H2,1-4H3;6-8,11H,9-10H2,1-5H3;6-9,15H,10H2,1-5H3;4-5,10H,6-9H2,1-3H3;4-5,8,11H,6-7,9H2,1-3H3;5-8H,9-10H2,1-4H3;5-7H,1-4H3;4-7H,1-3H3. The second-order valence-electron chi connectivity index (χ2n) is 47.2. The van der Waals surface area contributed by atoms with Gasteiger partial charge >= 0.3 is 6.36 Å². The van der Waals surface area contributed by atoms with Crippen LogP contribution < -0.4 is 42.8 Å². The Morgan fingerprint density at radius 3 is 1.26 bits per heavy atom. The summed E-state index contributed by atoms with van der Waals surface area (Å²) in [5.41, 5.74) is 10.9. The summed E-state index contributed by atoms with van der Waals surface area (Å²) in [6.07, 6.45) is 3.66. The molecule has 1 unspecified atom stereocenters. The van der Waals surface area contributed by atoms with E-state index in [1.165, 1.54) is 57.3 Å². The topological polar surface area (TPSA) is 233 Å². The summed E-state index contributed by atoms with van der Waals surface area (Å²) in [6, 6.07) is 58.6. The third kappa shape index (κ3) is 53.3. The molecule has 21 nitrogen and oxygen atoms in total. The van der Waals surface area contributed by atoms with Gasteiger partial charge in [-0.15, -0.1) is 13.2 Å². The molecule has 3 fully saturated rings. The van der Waals surface area contributed by atoms with Crippen molar-refractivity contribution in [2.24, 2.45) is 0 Å². The van der Waals surface area contributed by atoms with Crippen molar-refractivity contribution in [3.63, 3.8) is 0 Å². The van der Waals surface area contributed by atoms with E-state index >= 15 is 0 Å². The number of pyridine rings is 2. The van der Waals surface area contributed by atoms with Crippen molar-refractivity contribution in [2.75, 3.05) is 142 Å². The number of sulfone groups is 2. The number of halogens is 5. The number of anilines is 1. The van der Waals surface area contributed by atoms with E-state index in [1.807, 2.05) is 134 Å². The number of amides is 1. The maximum Gasteiger partial charge on any atom is 0.573 e. The van der Waals surface area contributed by atoms with E-state index in [0.717, 1.165) is 84.8 Å². The van der Waals surface area contributed by atoms with Gasteiger partial charge < -0.3 is 67.2 Å². The third-order valence-electron chi connectivity index (χ3n) is 23.3. The number of likely N-dealkylation sites (N-methyl/N-ethyl adjacent to an activating group) is 1. The molecule has 0 aliphatic carbocycles. The SMILES string of the molecule is CC(C)(C)c1ccc(Cl)c(OCCCS(C)(=O)=O)c1.CC(C)(C)c1ccc(N2CCS(=O)(=O)CC2)nc1.CC(C)(C)c1ccc(OC2CCOC2)nc1.CC(C)(C)c1ccc(OCCN2CCCC2=O)cc1.CC(C)(C)c1cccc(OC(F)(F)F)c1.CC(C)(O)COc1ccc(C(C)(C)C)cc1.CN(C)CCOc1cccc(C(C)(C)C)c1.COCCOc1ccc(C(C)(C)C)cc1.COc1cc(C(C)(C)C)ccc1Cl. The van der Waals surface area contributed by atoms with Crippen molar-refractivity contribution in [1.29, 1.82) is 0 Å². The molecule has 7 aromatic carbocycles. The average Bonchev–Trinajstić information content (AvgIpc) is 1.16. The van der Waals surface area contributed by atoms with E-state index in [0.29, 0.717) is 93.8 Å². The number of methoxy groups -OCH3 is 2. The van der Waals surface area contributed by atoms with E-state index in [2.05, 4.69) is 267 Å². The first-order chi connectivity index (χ1) is 67.6. The molecule has 2 aromatic heterocycles. The number of ether oxygens (including phenoxy) is 10. The Bertz CT molecular complexity index is 5570. The molecule has 0 saturated carbocycles. The number of alkyl halides is 3. The third-order valence-corrected chi connectivity index (χ3v) is 26.6. The van der Waals surface area contributed by atoms with Crippen LogP contribution in [0.3, 0.4) is 0 Å². The molecule has 28 heteroatoms. The predicted molar refractivity (Wildman–Crippen MR) is 600 cm³/mol. The molecule has 820 valence electrons. The Morgan fingerprint density at radius 1 is 0.463 bits per heavy atom. The van der Waals surface area contributed by atoms with Crippen LogP contribution in [0.4, 0.5) is 19.0 Å². The lowest BCUT2D eigenvalue weighted by atomic mass is 9.87. The number of carbonyl (C=O) groups excluding carboxylic acids is 1. The zero-order valence-corrected chi connectivity index (χ0v) is 97.9. The number of rotatable bonds is 25. The van der Waals surface area contributed by atoms with Crippen LogP contribution in [0.25, 0.3) is 0 Å². The molecule has 3 aliphatic rings. The quantitative estimate of drug-likeness (QED) is 0.0524. The van der Waals surface area contributed by atoms with Crippen molar-refractivity contribution >= 4 is 54.6 Å². The highest BCUT2D eigenvalue weighted by atomic mass is 35.5. The highest BCUT2D eigenvalue weighted by molar-refractivity contribution is 7.91. The largest absolute Gasteiger partial charge is 0.573 e. The molecule has 1 atom stereocenters. The van der Waals surface area contributed by atoms with E-state index in [9.17, 15) is 39.9 Å². The minimum atomic E-state index is -4.63. The van der Waals surface area contributed by atoms with Crippen LogP contribution in [0.2, 0.25) is 10.0 Å². The normalized spacial score (nSPS) is 14.5. The van der Waals surface area contributed by atoms with Gasteiger partial charge in [-0.1, -0.05) is 295 Å². The molecule has 12 rings (SSSR count). The summed E-state index contributed by atoms with van der Waals surface area (Å²) in [5, 5.41) is 10.7. The number of hydrogen-bond donors (Lipinski definition) is 1. The fraction of sp³-hybridized carbons (Fsp3) is 0.555. The van der Waals surface area contributed by atoms with Crippen molar-refractivity contribution < 1.29 is 87.3 Å². The number of nitrogens with zero attached hydrogens (tertiary/aromatic N) is 5. The summed E-state index contributed by atoms with van der Waals surface area (Å²) >= 11 is 12.0. The zero-order valence-electron chi connectivity index (χ0n) is 94.7. The fourth-order valence-corrected chi connectivity index (χ4v) is 16.0. The van der Waals surface area contributed by atoms with E-state index < -0.39 is 31.6 Å². The minimum absolute atomic E-state index is 0.0233. The van der Waals surface area contributed by atoms with Crippen LogP contribution >= 0.6 is 23.2 Å². The number of benzene rings is 7. The monoisotopic (exact) mass is 2120 g/mol. The van der Waals surface area contributed by atoms with Gasteiger partial charge in [-0.05, 0) is 231 Å². The highest BCUT2D eigenvalue weighted by Crippen LogP contribution is 2.37. The summed E-state index contributed by atoms with van der Waals surface area (Å²) in [7, 11) is 1.65. The Hall–Kier alpha value is -9.38. The first-order valence-electron chi connectivity index (χ1n) is 50.7. The van der Waals surface area contributed by atoms with Crippen molar-refractivity contribution in [2.45, 2.75) is 293 Å². The van der Waals surface area contributed by atoms with Gasteiger partial charge in [0, 0.05) is 70.8 Å². The molecular weight excluding hydrogens is 1950 g/mol. The van der Waals surface area contributed by atoms with Crippen LogP contribution in [0, 0.1) is 0 Å². The molecule has 1 N–H and O–H groups in total. The van der Waals surface area contributed by atoms with Gasteiger partial charge in [0.25, 0.3) is 0 Å². The van der Waals surface area contributed by atoms with Crippen molar-refractivity contribution in [1.82, 2.24) is 19.8 Å². The lowest BCUT2D eigenvalue weighted by Gasteiger charge is -2.28. The van der Waals surface area contributed by atoms with E-state index in [-0.39, 0.29) is 83.8 Å². The Morgan fingerprint density at radius 2 is 0.871 bits per heavy atom. The predicted octanol–water partition coefficient (Wildman–Crippen LogP) is 27.2. The van der Waals surface area contributed by atoms with Crippen LogP contribution in [-0.4, -0.2) is 203 Å². The molecule has 0 bridgehead atoms. The fourth-order valence-electron chi connectivity index (χ4n) is 13.8. The Balaban J connectivity index is 0.000000345. The molecule has 3 saturated heterocycles. The number of aliphatic hydroxyl groups is 1. The molecule has 9 aromatic rings. The van der Waals surface area contributed by atoms with Crippen LogP contribution in [0.5, 0.6) is 46.1 Å². The number of carbonyl (C=O) groups is 1. The first kappa shape index (κ1) is 130. The lowest BCUT2D eigenvalue weighted by molar-refractivity contribution is -0.274. The molecule has 0 radical (unpaired) electrons. The van der Waals surface area contributed by atoms with Gasteiger partial charge in [-0.25, -0.2) is 26.8 Å². The van der Waals surface area contributed by atoms with Gasteiger partial charge in [0.2, 0.25) is 11.8 Å². The minimum Gasteiger partial charge on any atom is -0.495 e. The highest BCUT2D eigenvalue weighted by Gasteiger charge is 2.33. The molecule has 3 aliphatic heterocycles. The summed E-state index contributed by atoms with van der Waals surface area (Å²) in [6.45, 7) is 69.7. The first-order valence-corrected chi connectivity index (χ1v) is 55.3. The molecule has 5 heterocycles. The average molecular weight is 2120 g/mol. The van der Waals surface area contributed by atoms with Crippen LogP contribution in [-0.2, 0) is 82.7 Å². The smallest absolute Gasteiger partial charge is 0.495 e. The van der Waals surface area contributed by atoms with Crippen LogP contribution in [0.1, 0.15) is 277 Å². The summed E-state index contributed by atoms with van der Waals surface area (Å²) in [4.78, 5) is 26.3. The van der Waals surface area contributed by atoms with Gasteiger partial charge in [0.1, 0.15) is 88.4 Å². The number of hydrogen-bond acceptors (Lipinski definition) is 20. The molecule has 1 amide bonds. The van der Waals surface area contributed by atoms with Crippen LogP contribution in [0.15, 0.2) is 194 Å². The van der Waals surface area contributed by atoms with E-state index in [4.69, 9.17) is 65.8 Å². The lowest BCUT2D eigenvalue weighted by Crippen LogP contribution is -2.40. The second kappa shape index (κ2) is 58.3. The number of aromatic nitrogens is 2. The molecule has 0 spiro atoms. The van der Waals surface area contributed by atoms with Gasteiger partial charge in [-0.2, -0.15) is 0 Å².